The van der Waals surface area contributed by atoms with E-state index in [9.17, 15) is 17.9 Å². The number of rotatable bonds is 4. The molecule has 0 aliphatic heterocycles. The monoisotopic (exact) mass is 275 g/mol. The Balaban J connectivity index is 3.28. The number of aliphatic hydroxyl groups excluding tert-OH is 1. The first-order valence-corrected chi connectivity index (χ1v) is 7.19. The minimum atomic E-state index is -3.91. The summed E-state index contributed by atoms with van der Waals surface area (Å²) in [6.07, 6.45) is -0.722. The minimum absolute atomic E-state index is 0.0276. The molecule has 0 amide bonds. The van der Waals surface area contributed by atoms with E-state index in [4.69, 9.17) is 5.14 Å². The van der Waals surface area contributed by atoms with Crippen LogP contribution < -0.4 is 5.14 Å². The molecule has 2 unspecified atom stereocenters. The Bertz CT molecular complexity index is 518. The molecule has 2 atom stereocenters. The lowest BCUT2D eigenvalue weighted by molar-refractivity contribution is 0.138. The molecular weight excluding hydrogens is 257 g/mol. The van der Waals surface area contributed by atoms with Crippen molar-refractivity contribution in [1.82, 2.24) is 0 Å². The quantitative estimate of drug-likeness (QED) is 0.875. The van der Waals surface area contributed by atoms with E-state index in [-0.39, 0.29) is 16.7 Å². The highest BCUT2D eigenvalue weighted by Gasteiger charge is 2.25. The Morgan fingerprint density at radius 1 is 1.28 bits per heavy atom. The van der Waals surface area contributed by atoms with E-state index in [0.29, 0.717) is 5.56 Å². The number of nitrogens with two attached hydrogens (primary N) is 1. The van der Waals surface area contributed by atoms with Crippen LogP contribution in [0.2, 0.25) is 0 Å². The topological polar surface area (TPSA) is 80.4 Å². The van der Waals surface area contributed by atoms with Crippen molar-refractivity contribution in [3.05, 3.63) is 29.6 Å². The molecule has 0 saturated heterocycles. The third-order valence-corrected chi connectivity index (χ3v) is 3.81. The van der Waals surface area contributed by atoms with Gasteiger partial charge in [-0.3, -0.25) is 0 Å². The van der Waals surface area contributed by atoms with E-state index >= 15 is 0 Å². The third kappa shape index (κ3) is 3.28. The van der Waals surface area contributed by atoms with Gasteiger partial charge >= 0.3 is 0 Å². The molecule has 6 heteroatoms. The normalized spacial score (nSPS) is 15.7. The van der Waals surface area contributed by atoms with Crippen LogP contribution in [0.25, 0.3) is 0 Å². The van der Waals surface area contributed by atoms with Crippen LogP contribution in [0, 0.1) is 11.7 Å². The summed E-state index contributed by atoms with van der Waals surface area (Å²) < 4.78 is 36.1. The Hall–Kier alpha value is -0.980. The highest BCUT2D eigenvalue weighted by Crippen LogP contribution is 2.30. The van der Waals surface area contributed by atoms with Gasteiger partial charge in [0.25, 0.3) is 0 Å². The van der Waals surface area contributed by atoms with Gasteiger partial charge in [0, 0.05) is 5.92 Å². The predicted octanol–water partition coefficient (Wildman–Crippen LogP) is 1.59. The van der Waals surface area contributed by atoms with Crippen molar-refractivity contribution in [3.8, 4) is 0 Å². The molecule has 102 valence electrons. The first kappa shape index (κ1) is 15.1. The summed E-state index contributed by atoms with van der Waals surface area (Å²) in [6, 6.07) is 3.51. The molecule has 0 saturated carbocycles. The molecule has 1 aromatic carbocycles. The molecule has 3 N–H and O–H groups in total. The molecule has 0 heterocycles. The maximum atomic E-state index is 13.9. The van der Waals surface area contributed by atoms with Crippen LogP contribution in [0.1, 0.15) is 32.3 Å². The smallest absolute Gasteiger partial charge is 0.238 e. The number of hydrogen-bond acceptors (Lipinski definition) is 3. The molecule has 0 aromatic heterocycles. The highest BCUT2D eigenvalue weighted by molar-refractivity contribution is 7.89. The standard InChI is InChI=1S/C12H18FNO3S/c1-7(2)12(8(3)15)10-5-4-9(6-11(10)13)18(14,16)17/h4-8,12,15H,1-3H3,(H2,14,16,17). The average Bonchev–Trinajstić information content (AvgIpc) is 2.18. The van der Waals surface area contributed by atoms with Crippen LogP contribution in [0.4, 0.5) is 4.39 Å². The molecule has 0 aliphatic carbocycles. The fourth-order valence-electron chi connectivity index (χ4n) is 2.13. The fourth-order valence-corrected chi connectivity index (χ4v) is 2.66. The predicted molar refractivity (Wildman–Crippen MR) is 67.0 cm³/mol. The van der Waals surface area contributed by atoms with Crippen molar-refractivity contribution in [3.63, 3.8) is 0 Å². The molecule has 0 fully saturated rings. The number of primary sulfonamides is 1. The highest BCUT2D eigenvalue weighted by atomic mass is 32.2. The molecular formula is C12H18FNO3S. The number of halogens is 1. The summed E-state index contributed by atoms with van der Waals surface area (Å²) in [5, 5.41) is 14.6. The lowest BCUT2D eigenvalue weighted by Gasteiger charge is -2.24. The van der Waals surface area contributed by atoms with Gasteiger partial charge in [-0.2, -0.15) is 0 Å². The fraction of sp³-hybridized carbons (Fsp3) is 0.500. The van der Waals surface area contributed by atoms with Gasteiger partial charge in [0.05, 0.1) is 11.0 Å². The first-order valence-electron chi connectivity index (χ1n) is 5.65. The van der Waals surface area contributed by atoms with E-state index in [1.165, 1.54) is 12.1 Å². The summed E-state index contributed by atoms with van der Waals surface area (Å²) in [5.41, 5.74) is 0.299. The SMILES string of the molecule is CC(C)C(c1ccc(S(N)(=O)=O)cc1F)C(C)O. The van der Waals surface area contributed by atoms with Crippen LogP contribution in [0.5, 0.6) is 0 Å². The summed E-state index contributed by atoms with van der Waals surface area (Å²) in [7, 11) is -3.91. The first-order chi connectivity index (χ1) is 8.14. The van der Waals surface area contributed by atoms with Crippen molar-refractivity contribution >= 4 is 10.0 Å². The van der Waals surface area contributed by atoms with Crippen LogP contribution in [0.3, 0.4) is 0 Å². The van der Waals surface area contributed by atoms with Crippen LogP contribution in [0.15, 0.2) is 23.1 Å². The Labute approximate surface area is 107 Å². The van der Waals surface area contributed by atoms with Gasteiger partial charge in [-0.1, -0.05) is 19.9 Å². The largest absolute Gasteiger partial charge is 0.393 e. The van der Waals surface area contributed by atoms with Gasteiger partial charge in [-0.15, -0.1) is 0 Å². The van der Waals surface area contributed by atoms with E-state index in [1.54, 1.807) is 6.92 Å². The molecule has 18 heavy (non-hydrogen) atoms. The van der Waals surface area contributed by atoms with Crippen LogP contribution in [-0.4, -0.2) is 19.6 Å². The second kappa shape index (κ2) is 5.34. The molecule has 1 rings (SSSR count). The maximum Gasteiger partial charge on any atom is 0.238 e. The van der Waals surface area contributed by atoms with Crippen molar-refractivity contribution < 1.29 is 17.9 Å². The van der Waals surface area contributed by atoms with E-state index in [1.807, 2.05) is 13.8 Å². The zero-order valence-electron chi connectivity index (χ0n) is 10.6. The second-order valence-corrected chi connectivity index (χ2v) is 6.30. The molecule has 1 aromatic rings. The summed E-state index contributed by atoms with van der Waals surface area (Å²) in [5.74, 6) is -1.03. The lowest BCUT2D eigenvalue weighted by Crippen LogP contribution is -2.22. The molecule has 0 radical (unpaired) electrons. The van der Waals surface area contributed by atoms with Gasteiger partial charge in [0.1, 0.15) is 5.82 Å². The molecule has 0 aliphatic rings. The molecule has 0 spiro atoms. The van der Waals surface area contributed by atoms with Crippen molar-refractivity contribution in [2.45, 2.75) is 37.7 Å². The van der Waals surface area contributed by atoms with E-state index in [2.05, 4.69) is 0 Å². The number of hydrogen-bond donors (Lipinski definition) is 2. The van der Waals surface area contributed by atoms with E-state index in [0.717, 1.165) is 6.07 Å². The third-order valence-electron chi connectivity index (χ3n) is 2.90. The van der Waals surface area contributed by atoms with Gasteiger partial charge in [0.2, 0.25) is 10.0 Å². The zero-order chi connectivity index (χ0) is 14.1. The summed E-state index contributed by atoms with van der Waals surface area (Å²) in [4.78, 5) is -0.267. The van der Waals surface area contributed by atoms with Crippen molar-refractivity contribution in [2.75, 3.05) is 0 Å². The van der Waals surface area contributed by atoms with Gasteiger partial charge in [-0.05, 0) is 30.5 Å². The average molecular weight is 275 g/mol. The number of benzene rings is 1. The zero-order valence-corrected chi connectivity index (χ0v) is 11.4. The van der Waals surface area contributed by atoms with Crippen LogP contribution >= 0.6 is 0 Å². The Kier molecular flexibility index (Phi) is 4.47. The minimum Gasteiger partial charge on any atom is -0.393 e. The molecule has 4 nitrogen and oxygen atoms in total. The van der Waals surface area contributed by atoms with Gasteiger partial charge in [-0.25, -0.2) is 17.9 Å². The lowest BCUT2D eigenvalue weighted by atomic mass is 9.84. The van der Waals surface area contributed by atoms with E-state index < -0.39 is 21.9 Å². The van der Waals surface area contributed by atoms with Gasteiger partial charge in [0.15, 0.2) is 0 Å². The Morgan fingerprint density at radius 2 is 1.83 bits per heavy atom. The maximum absolute atomic E-state index is 13.9. The number of aliphatic hydroxyl groups is 1. The van der Waals surface area contributed by atoms with Gasteiger partial charge < -0.3 is 5.11 Å². The summed E-state index contributed by atoms with van der Waals surface area (Å²) >= 11 is 0. The molecule has 0 bridgehead atoms. The van der Waals surface area contributed by atoms with Crippen LogP contribution in [-0.2, 0) is 10.0 Å². The van der Waals surface area contributed by atoms with Crippen molar-refractivity contribution in [2.24, 2.45) is 11.1 Å². The summed E-state index contributed by atoms with van der Waals surface area (Å²) in [6.45, 7) is 5.31. The van der Waals surface area contributed by atoms with Crippen molar-refractivity contribution in [1.29, 1.82) is 0 Å². The second-order valence-electron chi connectivity index (χ2n) is 4.74. The Morgan fingerprint density at radius 3 is 2.17 bits per heavy atom. The number of sulfonamides is 1.